The molecular formula is C35H54B2O4. The van der Waals surface area contributed by atoms with E-state index in [9.17, 15) is 0 Å². The molecule has 0 spiro atoms. The van der Waals surface area contributed by atoms with Crippen LogP contribution in [0.25, 0.3) is 0 Å². The van der Waals surface area contributed by atoms with Gasteiger partial charge in [0.1, 0.15) is 0 Å². The van der Waals surface area contributed by atoms with Crippen molar-refractivity contribution < 1.29 is 18.6 Å². The molecule has 2 saturated heterocycles. The number of hydrogen-bond acceptors (Lipinski definition) is 4. The first-order valence-electron chi connectivity index (χ1n) is 16.0. The summed E-state index contributed by atoms with van der Waals surface area (Å²) in [5.41, 5.74) is 6.47. The number of rotatable bonds is 12. The molecule has 0 saturated carbocycles. The highest BCUT2D eigenvalue weighted by Gasteiger charge is 2.53. The molecule has 4 rings (SSSR count). The van der Waals surface area contributed by atoms with E-state index < -0.39 is 0 Å². The van der Waals surface area contributed by atoms with Gasteiger partial charge in [-0.25, -0.2) is 0 Å². The Morgan fingerprint density at radius 2 is 0.756 bits per heavy atom. The van der Waals surface area contributed by atoms with Crippen LogP contribution in [0.1, 0.15) is 123 Å². The summed E-state index contributed by atoms with van der Waals surface area (Å²) in [6.45, 7) is 21.2. The minimum atomic E-state index is -0.302. The molecule has 0 N–H and O–H groups in total. The van der Waals surface area contributed by atoms with Gasteiger partial charge in [-0.15, -0.1) is 0 Å². The van der Waals surface area contributed by atoms with Crippen LogP contribution in [0.15, 0.2) is 36.4 Å². The van der Waals surface area contributed by atoms with Crippen molar-refractivity contribution in [2.45, 2.75) is 149 Å². The number of aryl methyl sites for hydroxylation is 4. The molecule has 0 aliphatic carbocycles. The number of benzene rings is 2. The second-order valence-corrected chi connectivity index (χ2v) is 14.5. The smallest absolute Gasteiger partial charge is 0.399 e. The summed E-state index contributed by atoms with van der Waals surface area (Å²) in [5.74, 6) is 0. The number of hydrogen-bond donors (Lipinski definition) is 0. The summed E-state index contributed by atoms with van der Waals surface area (Å²) in [7, 11) is -0.558. The minimum absolute atomic E-state index is 0.279. The SMILES string of the molecule is Cc1cc(CCCCCCCCCc2ccc(B3OC(C)(C)C(C)(C)O3)c(C)c2)ccc1B1OC(C)(C)C(C)(C)O1. The van der Waals surface area contributed by atoms with E-state index in [1.807, 2.05) is 0 Å². The molecule has 2 aromatic rings. The van der Waals surface area contributed by atoms with Gasteiger partial charge in [0.05, 0.1) is 22.4 Å². The summed E-state index contributed by atoms with van der Waals surface area (Å²) in [4.78, 5) is 0. The fourth-order valence-electron chi connectivity index (χ4n) is 5.80. The number of unbranched alkanes of at least 4 members (excludes halogenated alkanes) is 6. The van der Waals surface area contributed by atoms with Gasteiger partial charge in [-0.05, 0) is 117 Å². The van der Waals surface area contributed by atoms with Crippen molar-refractivity contribution in [2.24, 2.45) is 0 Å². The van der Waals surface area contributed by atoms with Gasteiger partial charge in [0.25, 0.3) is 0 Å². The monoisotopic (exact) mass is 560 g/mol. The maximum Gasteiger partial charge on any atom is 0.495 e. The zero-order chi connectivity index (χ0) is 30.1. The van der Waals surface area contributed by atoms with Crippen molar-refractivity contribution in [2.75, 3.05) is 0 Å². The molecule has 4 nitrogen and oxygen atoms in total. The van der Waals surface area contributed by atoms with E-state index in [0.717, 1.165) is 23.8 Å². The molecule has 2 aromatic carbocycles. The zero-order valence-corrected chi connectivity index (χ0v) is 27.6. The lowest BCUT2D eigenvalue weighted by molar-refractivity contribution is 0.00578. The Morgan fingerprint density at radius 1 is 0.463 bits per heavy atom. The summed E-state index contributed by atoms with van der Waals surface area (Å²) < 4.78 is 25.0. The van der Waals surface area contributed by atoms with Crippen LogP contribution < -0.4 is 10.9 Å². The lowest BCUT2D eigenvalue weighted by atomic mass is 9.75. The Kier molecular flexibility index (Phi) is 9.91. The molecular weight excluding hydrogens is 506 g/mol. The Bertz CT molecular complexity index is 1060. The van der Waals surface area contributed by atoms with Gasteiger partial charge < -0.3 is 18.6 Å². The van der Waals surface area contributed by atoms with E-state index in [4.69, 9.17) is 18.6 Å². The highest BCUT2D eigenvalue weighted by molar-refractivity contribution is 6.63. The standard InChI is InChI=1S/C35H54B2O4/c1-26-24-28(20-22-30(26)36-38-32(3,4)33(5,6)39-36)18-16-14-12-11-13-15-17-19-29-21-23-31(27(2)25-29)37-40-34(7,8)35(9,10)41-37/h20-25H,11-19H2,1-10H3. The molecule has 0 aromatic heterocycles. The van der Waals surface area contributed by atoms with Crippen molar-refractivity contribution in [3.8, 4) is 0 Å². The molecule has 6 heteroatoms. The first-order valence-corrected chi connectivity index (χ1v) is 16.0. The summed E-state index contributed by atoms with van der Waals surface area (Å²) in [6.07, 6.45) is 11.4. The van der Waals surface area contributed by atoms with E-state index in [2.05, 4.69) is 106 Å². The van der Waals surface area contributed by atoms with Crippen LogP contribution in [-0.2, 0) is 31.5 Å². The molecule has 2 fully saturated rings. The van der Waals surface area contributed by atoms with Gasteiger partial charge in [-0.2, -0.15) is 0 Å². The molecule has 224 valence electrons. The summed E-state index contributed by atoms with van der Waals surface area (Å²) in [5, 5.41) is 0. The van der Waals surface area contributed by atoms with Crippen LogP contribution in [0.4, 0.5) is 0 Å². The Balaban J connectivity index is 1.10. The van der Waals surface area contributed by atoms with Gasteiger partial charge in [0.15, 0.2) is 0 Å². The van der Waals surface area contributed by atoms with Crippen molar-refractivity contribution in [3.63, 3.8) is 0 Å². The zero-order valence-electron chi connectivity index (χ0n) is 27.6. The first-order chi connectivity index (χ1) is 19.1. The van der Waals surface area contributed by atoms with Gasteiger partial charge in [-0.1, -0.05) is 79.6 Å². The fourth-order valence-corrected chi connectivity index (χ4v) is 5.80. The van der Waals surface area contributed by atoms with E-state index in [0.29, 0.717) is 0 Å². The molecule has 41 heavy (non-hydrogen) atoms. The van der Waals surface area contributed by atoms with Crippen molar-refractivity contribution >= 4 is 25.2 Å². The Morgan fingerprint density at radius 3 is 1.05 bits per heavy atom. The highest BCUT2D eigenvalue weighted by Crippen LogP contribution is 2.37. The van der Waals surface area contributed by atoms with Gasteiger partial charge >= 0.3 is 14.2 Å². The lowest BCUT2D eigenvalue weighted by Crippen LogP contribution is -2.41. The quantitative estimate of drug-likeness (QED) is 0.200. The average molecular weight is 560 g/mol. The van der Waals surface area contributed by atoms with E-state index >= 15 is 0 Å². The van der Waals surface area contributed by atoms with E-state index in [1.54, 1.807) is 0 Å². The molecule has 0 amide bonds. The average Bonchev–Trinajstić information content (AvgIpc) is 3.22. The Labute approximate surface area is 251 Å². The van der Waals surface area contributed by atoms with Crippen molar-refractivity contribution in [3.05, 3.63) is 58.7 Å². The maximum atomic E-state index is 6.26. The predicted molar refractivity (Wildman–Crippen MR) is 174 cm³/mol. The lowest BCUT2D eigenvalue weighted by Gasteiger charge is -2.32. The third-order valence-corrected chi connectivity index (χ3v) is 10.1. The first kappa shape index (κ1) is 32.3. The topological polar surface area (TPSA) is 36.9 Å². The molecule has 2 heterocycles. The van der Waals surface area contributed by atoms with Crippen LogP contribution >= 0.6 is 0 Å². The highest BCUT2D eigenvalue weighted by atomic mass is 16.7. The second kappa shape index (κ2) is 12.6. The third kappa shape index (κ3) is 7.50. The van der Waals surface area contributed by atoms with Gasteiger partial charge in [0, 0.05) is 0 Å². The molecule has 2 aliphatic heterocycles. The van der Waals surface area contributed by atoms with Gasteiger partial charge in [0.2, 0.25) is 0 Å². The molecule has 2 aliphatic rings. The summed E-state index contributed by atoms with van der Waals surface area (Å²) >= 11 is 0. The van der Waals surface area contributed by atoms with Crippen LogP contribution in [0.5, 0.6) is 0 Å². The summed E-state index contributed by atoms with van der Waals surface area (Å²) in [6, 6.07) is 13.6. The largest absolute Gasteiger partial charge is 0.495 e. The Hall–Kier alpha value is -1.59. The third-order valence-electron chi connectivity index (χ3n) is 10.1. The molecule has 0 atom stereocenters. The van der Waals surface area contributed by atoms with E-state index in [1.165, 1.54) is 67.2 Å². The molecule has 0 radical (unpaired) electrons. The van der Waals surface area contributed by atoms with Crippen molar-refractivity contribution in [1.82, 2.24) is 0 Å². The van der Waals surface area contributed by atoms with Crippen LogP contribution in [0.3, 0.4) is 0 Å². The van der Waals surface area contributed by atoms with E-state index in [-0.39, 0.29) is 36.6 Å². The molecule has 0 bridgehead atoms. The maximum absolute atomic E-state index is 6.26. The second-order valence-electron chi connectivity index (χ2n) is 14.5. The van der Waals surface area contributed by atoms with Crippen LogP contribution in [-0.4, -0.2) is 36.6 Å². The van der Waals surface area contributed by atoms with Gasteiger partial charge in [-0.3, -0.25) is 0 Å². The molecule has 0 unspecified atom stereocenters. The van der Waals surface area contributed by atoms with Crippen molar-refractivity contribution in [1.29, 1.82) is 0 Å². The fraction of sp³-hybridized carbons (Fsp3) is 0.657. The van der Waals surface area contributed by atoms with Crippen LogP contribution in [0.2, 0.25) is 0 Å². The minimum Gasteiger partial charge on any atom is -0.399 e. The predicted octanol–water partition coefficient (Wildman–Crippen LogP) is 7.42. The van der Waals surface area contributed by atoms with Crippen LogP contribution in [0, 0.1) is 13.8 Å². The normalized spacial score (nSPS) is 20.6.